The molecule has 1 aromatic carbocycles. The van der Waals surface area contributed by atoms with Gasteiger partial charge in [0, 0.05) is 12.1 Å². The predicted molar refractivity (Wildman–Crippen MR) is 66.2 cm³/mol. The number of nitrogens with one attached hydrogen (secondary N) is 1. The average Bonchev–Trinajstić information content (AvgIpc) is 2.75. The van der Waals surface area contributed by atoms with Gasteiger partial charge in [0.1, 0.15) is 5.82 Å². The fourth-order valence-corrected chi connectivity index (χ4v) is 2.07. The molecule has 0 spiro atoms. The first kappa shape index (κ1) is 11.8. The fourth-order valence-electron chi connectivity index (χ4n) is 2.07. The molecule has 0 saturated carbocycles. The van der Waals surface area contributed by atoms with Crippen molar-refractivity contribution in [2.45, 2.75) is 26.2 Å². The summed E-state index contributed by atoms with van der Waals surface area (Å²) in [5, 5.41) is 2.82. The Morgan fingerprint density at radius 3 is 3.00 bits per heavy atom. The molecule has 0 aromatic heterocycles. The Bertz CT molecular complexity index is 454. The van der Waals surface area contributed by atoms with E-state index in [2.05, 4.69) is 17.5 Å². The van der Waals surface area contributed by atoms with Gasteiger partial charge in [-0.25, -0.2) is 4.39 Å². The van der Waals surface area contributed by atoms with E-state index in [0.717, 1.165) is 18.4 Å². The van der Waals surface area contributed by atoms with Crippen LogP contribution in [0.5, 0.6) is 0 Å². The topological polar surface area (TPSA) is 29.1 Å². The van der Waals surface area contributed by atoms with Crippen molar-refractivity contribution in [2.24, 2.45) is 5.92 Å². The Morgan fingerprint density at radius 2 is 2.35 bits per heavy atom. The number of rotatable bonds is 3. The molecule has 1 aromatic rings. The first-order valence-corrected chi connectivity index (χ1v) is 5.88. The van der Waals surface area contributed by atoms with Crippen LogP contribution in [0.1, 0.15) is 24.8 Å². The minimum atomic E-state index is -0.278. The van der Waals surface area contributed by atoms with Crippen molar-refractivity contribution in [1.29, 1.82) is 0 Å². The van der Waals surface area contributed by atoms with Crippen molar-refractivity contribution in [3.63, 3.8) is 0 Å². The third-order valence-electron chi connectivity index (χ3n) is 3.02. The summed E-state index contributed by atoms with van der Waals surface area (Å²) in [7, 11) is 0. The number of hydrogen-bond acceptors (Lipinski definition) is 1. The van der Waals surface area contributed by atoms with E-state index in [-0.39, 0.29) is 11.7 Å². The second kappa shape index (κ2) is 5.13. The molecule has 1 aliphatic rings. The van der Waals surface area contributed by atoms with E-state index in [0.29, 0.717) is 18.0 Å². The van der Waals surface area contributed by atoms with Gasteiger partial charge < -0.3 is 5.32 Å². The summed E-state index contributed by atoms with van der Waals surface area (Å²) in [5.74, 6) is 0.0752. The molecule has 0 saturated heterocycles. The minimum absolute atomic E-state index is 0.00346. The molecule has 0 heterocycles. The van der Waals surface area contributed by atoms with Crippen LogP contribution in [-0.2, 0) is 4.79 Å². The number of carbonyl (C=O) groups excluding carboxylic acids is 1. The molecule has 0 bridgehead atoms. The Balaban J connectivity index is 1.95. The van der Waals surface area contributed by atoms with Crippen LogP contribution in [-0.4, -0.2) is 5.91 Å². The van der Waals surface area contributed by atoms with Crippen LogP contribution in [0.4, 0.5) is 10.1 Å². The zero-order valence-electron chi connectivity index (χ0n) is 9.87. The van der Waals surface area contributed by atoms with E-state index >= 15 is 0 Å². The van der Waals surface area contributed by atoms with Crippen molar-refractivity contribution in [3.8, 4) is 0 Å². The van der Waals surface area contributed by atoms with Gasteiger partial charge in [-0.15, -0.1) is 0 Å². The quantitative estimate of drug-likeness (QED) is 0.796. The lowest BCUT2D eigenvalue weighted by molar-refractivity contribution is -0.116. The highest BCUT2D eigenvalue weighted by atomic mass is 19.1. The van der Waals surface area contributed by atoms with Crippen molar-refractivity contribution in [3.05, 3.63) is 41.7 Å². The van der Waals surface area contributed by atoms with Gasteiger partial charge in [0.25, 0.3) is 0 Å². The van der Waals surface area contributed by atoms with Gasteiger partial charge >= 0.3 is 0 Å². The van der Waals surface area contributed by atoms with Gasteiger partial charge in [0.05, 0.1) is 0 Å². The van der Waals surface area contributed by atoms with Gasteiger partial charge in [-0.1, -0.05) is 12.2 Å². The fraction of sp³-hybridized carbons (Fsp3) is 0.357. The molecule has 17 heavy (non-hydrogen) atoms. The number of amides is 1. The highest BCUT2D eigenvalue weighted by Gasteiger charge is 2.14. The number of aryl methyl sites for hydroxylation is 1. The molecule has 1 atom stereocenters. The summed E-state index contributed by atoms with van der Waals surface area (Å²) in [6, 6.07) is 4.39. The molecule has 3 heteroatoms. The first-order valence-electron chi connectivity index (χ1n) is 5.88. The van der Waals surface area contributed by atoms with Gasteiger partial charge in [-0.3, -0.25) is 4.79 Å². The van der Waals surface area contributed by atoms with Crippen molar-refractivity contribution >= 4 is 11.6 Å². The van der Waals surface area contributed by atoms with Crippen LogP contribution < -0.4 is 5.32 Å². The molecule has 0 fully saturated rings. The highest BCUT2D eigenvalue weighted by Crippen LogP contribution is 2.22. The van der Waals surface area contributed by atoms with E-state index in [9.17, 15) is 9.18 Å². The van der Waals surface area contributed by atoms with Crippen LogP contribution in [0.2, 0.25) is 0 Å². The summed E-state index contributed by atoms with van der Waals surface area (Å²) < 4.78 is 12.9. The standard InChI is InChI=1S/C14H16FNO/c1-10-8-12(15)6-7-13(10)16-14(17)9-11-4-2-3-5-11/h2,4,6-8,11H,3,5,9H2,1H3,(H,16,17)/t11-/m0/s1. The highest BCUT2D eigenvalue weighted by molar-refractivity contribution is 5.91. The lowest BCUT2D eigenvalue weighted by Crippen LogP contribution is -2.15. The Hall–Kier alpha value is -1.64. The Labute approximate surface area is 101 Å². The molecule has 1 amide bonds. The molecular formula is C14H16FNO. The third-order valence-corrected chi connectivity index (χ3v) is 3.02. The van der Waals surface area contributed by atoms with Crippen LogP contribution in [0.25, 0.3) is 0 Å². The van der Waals surface area contributed by atoms with E-state index in [1.807, 2.05) is 0 Å². The summed E-state index contributed by atoms with van der Waals surface area (Å²) in [6.45, 7) is 1.79. The van der Waals surface area contributed by atoms with E-state index in [4.69, 9.17) is 0 Å². The van der Waals surface area contributed by atoms with Gasteiger partial charge in [0.15, 0.2) is 0 Å². The maximum Gasteiger partial charge on any atom is 0.224 e. The van der Waals surface area contributed by atoms with Gasteiger partial charge in [-0.2, -0.15) is 0 Å². The average molecular weight is 233 g/mol. The van der Waals surface area contributed by atoms with Crippen molar-refractivity contribution in [1.82, 2.24) is 0 Å². The summed E-state index contributed by atoms with van der Waals surface area (Å²) in [5.41, 5.74) is 1.44. The molecule has 0 unspecified atom stereocenters. The van der Waals surface area contributed by atoms with E-state index < -0.39 is 0 Å². The lowest BCUT2D eigenvalue weighted by atomic mass is 10.0. The van der Waals surface area contributed by atoms with Gasteiger partial charge in [0.2, 0.25) is 5.91 Å². The smallest absolute Gasteiger partial charge is 0.224 e. The largest absolute Gasteiger partial charge is 0.326 e. The molecule has 1 N–H and O–H groups in total. The summed E-state index contributed by atoms with van der Waals surface area (Å²) >= 11 is 0. The Morgan fingerprint density at radius 1 is 1.53 bits per heavy atom. The maximum absolute atomic E-state index is 12.9. The second-order valence-electron chi connectivity index (χ2n) is 4.48. The molecule has 0 aliphatic heterocycles. The molecule has 0 radical (unpaired) electrons. The third kappa shape index (κ3) is 3.16. The zero-order valence-corrected chi connectivity index (χ0v) is 9.87. The van der Waals surface area contributed by atoms with Crippen molar-refractivity contribution < 1.29 is 9.18 Å². The summed E-state index contributed by atoms with van der Waals surface area (Å²) in [6.07, 6.45) is 6.83. The minimum Gasteiger partial charge on any atom is -0.326 e. The normalized spacial score (nSPS) is 18.4. The van der Waals surface area contributed by atoms with Gasteiger partial charge in [-0.05, 0) is 49.4 Å². The van der Waals surface area contributed by atoms with Crippen LogP contribution >= 0.6 is 0 Å². The molecule has 2 nitrogen and oxygen atoms in total. The summed E-state index contributed by atoms with van der Waals surface area (Å²) in [4.78, 5) is 11.8. The lowest BCUT2D eigenvalue weighted by Gasteiger charge is -2.10. The number of halogens is 1. The Kier molecular flexibility index (Phi) is 3.57. The monoisotopic (exact) mass is 233 g/mol. The zero-order chi connectivity index (χ0) is 12.3. The molecule has 1 aliphatic carbocycles. The predicted octanol–water partition coefficient (Wildman–Crippen LogP) is 3.43. The molecular weight excluding hydrogens is 217 g/mol. The second-order valence-corrected chi connectivity index (χ2v) is 4.48. The first-order chi connectivity index (χ1) is 8.15. The molecule has 2 rings (SSSR count). The van der Waals surface area contributed by atoms with E-state index in [1.54, 1.807) is 13.0 Å². The number of hydrogen-bond donors (Lipinski definition) is 1. The van der Waals surface area contributed by atoms with Crippen molar-refractivity contribution in [2.75, 3.05) is 5.32 Å². The van der Waals surface area contributed by atoms with Crippen LogP contribution in [0.15, 0.2) is 30.4 Å². The number of anilines is 1. The SMILES string of the molecule is Cc1cc(F)ccc1NC(=O)C[C@H]1C=CCC1. The number of benzene rings is 1. The van der Waals surface area contributed by atoms with Crippen LogP contribution in [0, 0.1) is 18.7 Å². The molecule has 90 valence electrons. The number of carbonyl (C=O) groups is 1. The van der Waals surface area contributed by atoms with Crippen LogP contribution in [0.3, 0.4) is 0 Å². The maximum atomic E-state index is 12.9. The van der Waals surface area contributed by atoms with E-state index in [1.165, 1.54) is 12.1 Å². The number of allylic oxidation sites excluding steroid dienone is 2.